The maximum absolute atomic E-state index is 12.0. The first kappa shape index (κ1) is 15.5. The summed E-state index contributed by atoms with van der Waals surface area (Å²) in [5.41, 5.74) is 9.37. The number of hydrogen-bond acceptors (Lipinski definition) is 2. The average Bonchev–Trinajstić information content (AvgIpc) is 2.42. The Kier molecular flexibility index (Phi) is 4.98. The number of aryl methyl sites for hydroxylation is 1. The highest BCUT2D eigenvalue weighted by Gasteiger charge is 2.07. The molecule has 2 amide bonds. The second-order valence-electron chi connectivity index (χ2n) is 4.98. The van der Waals surface area contributed by atoms with Crippen LogP contribution in [-0.2, 0) is 0 Å². The van der Waals surface area contributed by atoms with E-state index in [9.17, 15) is 4.79 Å². The summed E-state index contributed by atoms with van der Waals surface area (Å²) in [6.45, 7) is 3.90. The van der Waals surface area contributed by atoms with Crippen molar-refractivity contribution in [1.82, 2.24) is 0 Å². The largest absolute Gasteiger partial charge is 0.324 e. The molecule has 0 aliphatic carbocycles. The van der Waals surface area contributed by atoms with Gasteiger partial charge in [-0.15, -0.1) is 0 Å². The molecule has 0 aromatic heterocycles. The van der Waals surface area contributed by atoms with Crippen molar-refractivity contribution in [2.75, 3.05) is 10.6 Å². The van der Waals surface area contributed by atoms with Crippen LogP contribution >= 0.6 is 15.9 Å². The van der Waals surface area contributed by atoms with Gasteiger partial charge in [-0.05, 0) is 65.2 Å². The fourth-order valence-electron chi connectivity index (χ4n) is 1.91. The second kappa shape index (κ2) is 6.74. The molecule has 1 atom stereocenters. The van der Waals surface area contributed by atoms with Crippen LogP contribution in [0, 0.1) is 6.92 Å². The van der Waals surface area contributed by atoms with Gasteiger partial charge in [0.25, 0.3) is 0 Å². The lowest BCUT2D eigenvalue weighted by atomic mass is 10.1. The first-order valence-electron chi connectivity index (χ1n) is 6.65. The van der Waals surface area contributed by atoms with Crippen LogP contribution in [0.25, 0.3) is 0 Å². The molecule has 0 saturated carbocycles. The van der Waals surface area contributed by atoms with Crippen molar-refractivity contribution in [2.45, 2.75) is 19.9 Å². The number of anilines is 2. The monoisotopic (exact) mass is 347 g/mol. The highest BCUT2D eigenvalue weighted by Crippen LogP contribution is 2.23. The molecule has 2 aromatic carbocycles. The van der Waals surface area contributed by atoms with Crippen LogP contribution in [0.4, 0.5) is 16.2 Å². The van der Waals surface area contributed by atoms with Crippen LogP contribution in [-0.4, -0.2) is 6.03 Å². The first-order chi connectivity index (χ1) is 9.95. The number of halogens is 1. The summed E-state index contributed by atoms with van der Waals surface area (Å²) < 4.78 is 0.849. The number of nitrogens with two attached hydrogens (primary N) is 1. The van der Waals surface area contributed by atoms with E-state index in [1.165, 1.54) is 0 Å². The molecule has 0 radical (unpaired) electrons. The minimum absolute atomic E-state index is 0.0685. The Hall–Kier alpha value is -1.85. The number of carbonyl (C=O) groups excluding carboxylic acids is 1. The third-order valence-electron chi connectivity index (χ3n) is 3.04. The molecule has 0 fully saturated rings. The quantitative estimate of drug-likeness (QED) is 0.769. The maximum atomic E-state index is 12.0. The Bertz CT molecular complexity index is 656. The van der Waals surface area contributed by atoms with E-state index >= 15 is 0 Å². The van der Waals surface area contributed by atoms with Crippen LogP contribution in [0.2, 0.25) is 0 Å². The molecular weight excluding hydrogens is 330 g/mol. The Morgan fingerprint density at radius 2 is 1.95 bits per heavy atom. The van der Waals surface area contributed by atoms with Crippen molar-refractivity contribution in [3.63, 3.8) is 0 Å². The molecule has 1 unspecified atom stereocenters. The standard InChI is InChI=1S/C16H18BrN3O/c1-10-6-7-15(14(17)8-10)20-16(21)19-13-5-3-4-12(9-13)11(2)18/h3-9,11H,18H2,1-2H3,(H2,19,20,21). The molecular formula is C16H18BrN3O. The van der Waals surface area contributed by atoms with Crippen molar-refractivity contribution >= 4 is 33.3 Å². The minimum Gasteiger partial charge on any atom is -0.324 e. The molecule has 0 spiro atoms. The fourth-order valence-corrected chi connectivity index (χ4v) is 2.50. The van der Waals surface area contributed by atoms with Crippen LogP contribution in [0.5, 0.6) is 0 Å². The molecule has 0 aliphatic rings. The number of carbonyl (C=O) groups is 1. The van der Waals surface area contributed by atoms with E-state index in [-0.39, 0.29) is 12.1 Å². The van der Waals surface area contributed by atoms with Gasteiger partial charge in [0, 0.05) is 16.2 Å². The summed E-state index contributed by atoms with van der Waals surface area (Å²) in [6, 6.07) is 12.9. The molecule has 2 rings (SSSR count). The second-order valence-corrected chi connectivity index (χ2v) is 5.83. The van der Waals surface area contributed by atoms with Crippen LogP contribution in [0.3, 0.4) is 0 Å². The van der Waals surface area contributed by atoms with Crippen LogP contribution in [0.15, 0.2) is 46.9 Å². The number of benzene rings is 2. The Morgan fingerprint density at radius 3 is 2.62 bits per heavy atom. The Balaban J connectivity index is 2.06. The molecule has 4 N–H and O–H groups in total. The topological polar surface area (TPSA) is 67.2 Å². The molecule has 5 heteroatoms. The fraction of sp³-hybridized carbons (Fsp3) is 0.188. The lowest BCUT2D eigenvalue weighted by Gasteiger charge is -2.11. The number of hydrogen-bond donors (Lipinski definition) is 3. The zero-order valence-electron chi connectivity index (χ0n) is 12.0. The summed E-state index contributed by atoms with van der Waals surface area (Å²) in [7, 11) is 0. The molecule has 0 bridgehead atoms. The van der Waals surface area contributed by atoms with Gasteiger partial charge in [-0.25, -0.2) is 4.79 Å². The number of urea groups is 1. The molecule has 0 heterocycles. The van der Waals surface area contributed by atoms with Gasteiger partial charge in [0.05, 0.1) is 5.69 Å². The summed E-state index contributed by atoms with van der Waals surface area (Å²) >= 11 is 3.43. The predicted molar refractivity (Wildman–Crippen MR) is 90.6 cm³/mol. The van der Waals surface area contributed by atoms with E-state index in [1.54, 1.807) is 0 Å². The van der Waals surface area contributed by atoms with Gasteiger partial charge in [0.1, 0.15) is 0 Å². The first-order valence-corrected chi connectivity index (χ1v) is 7.44. The third-order valence-corrected chi connectivity index (χ3v) is 3.70. The summed E-state index contributed by atoms with van der Waals surface area (Å²) in [5, 5.41) is 5.61. The number of nitrogens with one attached hydrogen (secondary N) is 2. The van der Waals surface area contributed by atoms with Gasteiger partial charge in [-0.1, -0.05) is 18.2 Å². The Morgan fingerprint density at radius 1 is 1.19 bits per heavy atom. The van der Waals surface area contributed by atoms with Crippen molar-refractivity contribution in [3.05, 3.63) is 58.1 Å². The summed E-state index contributed by atoms with van der Waals surface area (Å²) in [4.78, 5) is 12.0. The van der Waals surface area contributed by atoms with E-state index in [2.05, 4.69) is 26.6 Å². The number of amides is 2. The summed E-state index contributed by atoms with van der Waals surface area (Å²) in [6.07, 6.45) is 0. The van der Waals surface area contributed by atoms with Gasteiger partial charge < -0.3 is 16.4 Å². The molecule has 21 heavy (non-hydrogen) atoms. The lowest BCUT2D eigenvalue weighted by Crippen LogP contribution is -2.20. The van der Waals surface area contributed by atoms with Crippen molar-refractivity contribution in [1.29, 1.82) is 0 Å². The highest BCUT2D eigenvalue weighted by molar-refractivity contribution is 9.10. The van der Waals surface area contributed by atoms with E-state index in [4.69, 9.17) is 5.73 Å². The minimum atomic E-state index is -0.290. The smallest absolute Gasteiger partial charge is 0.323 e. The molecule has 0 aliphatic heterocycles. The van der Waals surface area contributed by atoms with E-state index in [1.807, 2.05) is 56.3 Å². The van der Waals surface area contributed by atoms with Gasteiger partial charge in [0.15, 0.2) is 0 Å². The van der Waals surface area contributed by atoms with Gasteiger partial charge in [-0.2, -0.15) is 0 Å². The Labute approximate surface area is 132 Å². The lowest BCUT2D eigenvalue weighted by molar-refractivity contribution is 0.262. The van der Waals surface area contributed by atoms with E-state index < -0.39 is 0 Å². The average molecular weight is 348 g/mol. The van der Waals surface area contributed by atoms with Crippen LogP contribution < -0.4 is 16.4 Å². The van der Waals surface area contributed by atoms with Gasteiger partial charge >= 0.3 is 6.03 Å². The molecule has 2 aromatic rings. The zero-order valence-corrected chi connectivity index (χ0v) is 13.6. The normalized spacial score (nSPS) is 11.8. The van der Waals surface area contributed by atoms with Crippen molar-refractivity contribution in [3.8, 4) is 0 Å². The third kappa shape index (κ3) is 4.31. The van der Waals surface area contributed by atoms with Crippen molar-refractivity contribution < 1.29 is 4.79 Å². The van der Waals surface area contributed by atoms with Crippen LogP contribution in [0.1, 0.15) is 24.1 Å². The van der Waals surface area contributed by atoms with E-state index in [0.717, 1.165) is 21.3 Å². The van der Waals surface area contributed by atoms with E-state index in [0.29, 0.717) is 5.69 Å². The summed E-state index contributed by atoms with van der Waals surface area (Å²) in [5.74, 6) is 0. The predicted octanol–water partition coefficient (Wildman–Crippen LogP) is 4.42. The molecule has 0 saturated heterocycles. The highest BCUT2D eigenvalue weighted by atomic mass is 79.9. The SMILES string of the molecule is Cc1ccc(NC(=O)Nc2cccc(C(C)N)c2)c(Br)c1. The zero-order chi connectivity index (χ0) is 15.4. The molecule has 4 nitrogen and oxygen atoms in total. The van der Waals surface area contributed by atoms with Gasteiger partial charge in [-0.3, -0.25) is 0 Å². The number of rotatable bonds is 3. The van der Waals surface area contributed by atoms with Gasteiger partial charge in [0.2, 0.25) is 0 Å². The van der Waals surface area contributed by atoms with Crippen molar-refractivity contribution in [2.24, 2.45) is 5.73 Å². The molecule has 110 valence electrons. The maximum Gasteiger partial charge on any atom is 0.323 e.